The number of rotatable bonds is 8. The average Bonchev–Trinajstić information content (AvgIpc) is 2.77. The van der Waals surface area contributed by atoms with Gasteiger partial charge in [-0.1, -0.05) is 42.0 Å². The van der Waals surface area contributed by atoms with Crippen molar-refractivity contribution in [3.05, 3.63) is 89.5 Å². The summed E-state index contributed by atoms with van der Waals surface area (Å²) >= 11 is 3.13. The molecule has 7 heteroatoms. The second-order valence-electron chi connectivity index (χ2n) is 6.61. The Labute approximate surface area is 186 Å². The molecule has 0 heterocycles. The van der Waals surface area contributed by atoms with Crippen molar-refractivity contribution in [3.8, 4) is 0 Å². The van der Waals surface area contributed by atoms with Crippen LogP contribution in [-0.2, 0) is 14.3 Å². The fourth-order valence-corrected chi connectivity index (χ4v) is 4.67. The first-order chi connectivity index (χ1) is 14.3. The Morgan fingerprint density at radius 3 is 1.80 bits per heavy atom. The number of ketones is 1. The Morgan fingerprint density at radius 1 is 0.800 bits per heavy atom. The van der Waals surface area contributed by atoms with Crippen LogP contribution in [0.15, 0.2) is 87.5 Å². The minimum Gasteiger partial charge on any atom is -0.291 e. The van der Waals surface area contributed by atoms with Crippen LogP contribution in [0.25, 0.3) is 0 Å². The smallest absolute Gasteiger partial charge is 0.291 e. The summed E-state index contributed by atoms with van der Waals surface area (Å²) in [6.45, 7) is 1.87. The molecule has 0 aromatic heterocycles. The van der Waals surface area contributed by atoms with Crippen molar-refractivity contribution in [1.29, 1.82) is 0 Å². The zero-order valence-electron chi connectivity index (χ0n) is 16.9. The van der Waals surface area contributed by atoms with Gasteiger partial charge in [0.25, 0.3) is 10.1 Å². The summed E-state index contributed by atoms with van der Waals surface area (Å²) in [6, 6.07) is 20.6. The van der Waals surface area contributed by atoms with Crippen LogP contribution in [0.2, 0.25) is 0 Å². The Bertz CT molecular complexity index is 1100. The van der Waals surface area contributed by atoms with Gasteiger partial charge in [0, 0.05) is 15.4 Å². The maximum absolute atomic E-state index is 13.3. The number of thioether (sulfide) groups is 2. The van der Waals surface area contributed by atoms with Gasteiger partial charge in [-0.3, -0.25) is 4.79 Å². The van der Waals surface area contributed by atoms with E-state index < -0.39 is 22.0 Å². The van der Waals surface area contributed by atoms with Crippen molar-refractivity contribution in [2.45, 2.75) is 27.7 Å². The first-order valence-corrected chi connectivity index (χ1v) is 13.0. The lowest BCUT2D eigenvalue weighted by atomic mass is 10.0. The van der Waals surface area contributed by atoms with Crippen LogP contribution >= 0.6 is 23.5 Å². The predicted octanol–water partition coefficient (Wildman–Crippen LogP) is 5.77. The number of carbonyl (C=O) groups is 1. The van der Waals surface area contributed by atoms with Gasteiger partial charge in [-0.15, -0.1) is 23.5 Å². The second-order valence-corrected chi connectivity index (χ2v) is 9.94. The van der Waals surface area contributed by atoms with Crippen molar-refractivity contribution < 1.29 is 17.4 Å². The molecule has 0 spiro atoms. The summed E-state index contributed by atoms with van der Waals surface area (Å²) in [6.07, 6.45) is 2.63. The molecule has 4 nitrogen and oxygen atoms in total. The summed E-state index contributed by atoms with van der Waals surface area (Å²) in [5, 5.41) is 0. The average molecular weight is 459 g/mol. The van der Waals surface area contributed by atoms with E-state index in [2.05, 4.69) is 0 Å². The van der Waals surface area contributed by atoms with Crippen molar-refractivity contribution >= 4 is 39.4 Å². The first-order valence-electron chi connectivity index (χ1n) is 9.16. The molecular weight excluding hydrogens is 436 g/mol. The lowest BCUT2D eigenvalue weighted by Crippen LogP contribution is -2.20. The summed E-state index contributed by atoms with van der Waals surface area (Å²) in [7, 11) is -4.14. The van der Waals surface area contributed by atoms with E-state index in [1.807, 2.05) is 43.7 Å². The summed E-state index contributed by atoms with van der Waals surface area (Å²) in [5.41, 5.74) is 1.82. The third-order valence-electron chi connectivity index (χ3n) is 4.56. The molecule has 0 radical (unpaired) electrons. The van der Waals surface area contributed by atoms with Crippen molar-refractivity contribution in [1.82, 2.24) is 0 Å². The molecule has 0 amide bonds. The van der Waals surface area contributed by atoms with Crippen molar-refractivity contribution in [3.63, 3.8) is 0 Å². The Balaban J connectivity index is 1.99. The Morgan fingerprint density at radius 2 is 1.30 bits per heavy atom. The molecule has 0 bridgehead atoms. The van der Waals surface area contributed by atoms with Gasteiger partial charge in [0.2, 0.25) is 0 Å². The van der Waals surface area contributed by atoms with Gasteiger partial charge >= 0.3 is 0 Å². The maximum Gasteiger partial charge on any atom is 0.298 e. The quantitative estimate of drug-likeness (QED) is 0.243. The molecule has 3 aromatic carbocycles. The van der Waals surface area contributed by atoms with E-state index in [-0.39, 0.29) is 4.90 Å². The maximum atomic E-state index is 13.3. The van der Waals surface area contributed by atoms with Gasteiger partial charge in [0.15, 0.2) is 11.9 Å². The highest BCUT2D eigenvalue weighted by Gasteiger charge is 2.30. The largest absolute Gasteiger partial charge is 0.298 e. The van der Waals surface area contributed by atoms with Crippen LogP contribution < -0.4 is 0 Å². The Hall–Kier alpha value is -2.06. The van der Waals surface area contributed by atoms with E-state index in [1.165, 1.54) is 12.1 Å². The number of Topliss-reactive ketones (excluding diaryl/α,β-unsaturated/α-hetero) is 1. The topological polar surface area (TPSA) is 60.4 Å². The standard InChI is InChI=1S/C23H22O4S3/c1-16-4-14-21(15-5-16)30(25,26)27-23(18-8-12-20(29-3)13-9-18)22(24)17-6-10-19(28-2)11-7-17/h4-15,23H,1-3H3. The highest BCUT2D eigenvalue weighted by molar-refractivity contribution is 7.98. The van der Waals surface area contributed by atoms with E-state index in [1.54, 1.807) is 59.9 Å². The number of carbonyl (C=O) groups excluding carboxylic acids is 1. The molecule has 3 aromatic rings. The molecule has 0 aliphatic heterocycles. The number of benzene rings is 3. The molecule has 0 fully saturated rings. The fourth-order valence-electron chi connectivity index (χ4n) is 2.82. The molecule has 156 valence electrons. The molecule has 1 unspecified atom stereocenters. The fraction of sp³-hybridized carbons (Fsp3) is 0.174. The Kier molecular flexibility index (Phi) is 7.41. The first kappa shape index (κ1) is 22.6. The minimum absolute atomic E-state index is 0.0179. The monoisotopic (exact) mass is 458 g/mol. The number of hydrogen-bond donors (Lipinski definition) is 0. The molecule has 1 atom stereocenters. The second kappa shape index (κ2) is 9.83. The highest BCUT2D eigenvalue weighted by atomic mass is 32.2. The minimum atomic E-state index is -4.14. The van der Waals surface area contributed by atoms with Gasteiger partial charge in [-0.2, -0.15) is 8.42 Å². The lowest BCUT2D eigenvalue weighted by Gasteiger charge is -2.18. The predicted molar refractivity (Wildman–Crippen MR) is 123 cm³/mol. The lowest BCUT2D eigenvalue weighted by molar-refractivity contribution is 0.0801. The normalized spacial score (nSPS) is 12.5. The zero-order chi connectivity index (χ0) is 21.7. The van der Waals surface area contributed by atoms with Crippen LogP contribution in [0.3, 0.4) is 0 Å². The van der Waals surface area contributed by atoms with E-state index >= 15 is 0 Å². The van der Waals surface area contributed by atoms with E-state index in [0.717, 1.165) is 15.4 Å². The molecule has 0 aliphatic carbocycles. The van der Waals surface area contributed by atoms with Crippen LogP contribution in [0.5, 0.6) is 0 Å². The van der Waals surface area contributed by atoms with Crippen molar-refractivity contribution in [2.24, 2.45) is 0 Å². The van der Waals surface area contributed by atoms with E-state index in [4.69, 9.17) is 4.18 Å². The summed E-state index contributed by atoms with van der Waals surface area (Å²) in [4.78, 5) is 15.3. The molecule has 3 rings (SSSR count). The third kappa shape index (κ3) is 5.35. The van der Waals surface area contributed by atoms with Crippen molar-refractivity contribution in [2.75, 3.05) is 12.5 Å². The van der Waals surface area contributed by atoms with Gasteiger partial charge < -0.3 is 0 Å². The molecule has 0 saturated heterocycles. The van der Waals surface area contributed by atoms with Crippen LogP contribution in [0.1, 0.15) is 27.6 Å². The molecule has 0 saturated carbocycles. The molecule has 30 heavy (non-hydrogen) atoms. The van der Waals surface area contributed by atoms with Crippen LogP contribution in [0, 0.1) is 6.92 Å². The molecule has 0 N–H and O–H groups in total. The van der Waals surface area contributed by atoms with Gasteiger partial charge in [-0.25, -0.2) is 4.18 Å². The number of aryl methyl sites for hydroxylation is 1. The molecular formula is C23H22O4S3. The molecule has 0 aliphatic rings. The third-order valence-corrected chi connectivity index (χ3v) is 7.35. The van der Waals surface area contributed by atoms with Gasteiger partial charge in [0.1, 0.15) is 0 Å². The van der Waals surface area contributed by atoms with E-state index in [9.17, 15) is 13.2 Å². The zero-order valence-corrected chi connectivity index (χ0v) is 19.3. The van der Waals surface area contributed by atoms with E-state index in [0.29, 0.717) is 11.1 Å². The van der Waals surface area contributed by atoms with Gasteiger partial charge in [-0.05, 0) is 61.4 Å². The summed E-state index contributed by atoms with van der Waals surface area (Å²) < 4.78 is 31.3. The highest BCUT2D eigenvalue weighted by Crippen LogP contribution is 2.29. The van der Waals surface area contributed by atoms with Crippen LogP contribution in [0.4, 0.5) is 0 Å². The van der Waals surface area contributed by atoms with Gasteiger partial charge in [0.05, 0.1) is 4.90 Å². The SMILES string of the molecule is CSc1ccc(C(=O)C(OS(=O)(=O)c2ccc(C)cc2)c2ccc(SC)cc2)cc1. The summed E-state index contributed by atoms with van der Waals surface area (Å²) in [5.74, 6) is -0.407. The number of hydrogen-bond acceptors (Lipinski definition) is 6. The van der Waals surface area contributed by atoms with Crippen LogP contribution in [-0.4, -0.2) is 26.7 Å².